The fraction of sp³-hybridized carbons (Fsp3) is 0.111. The lowest BCUT2D eigenvalue weighted by atomic mass is 10.2. The van der Waals surface area contributed by atoms with Gasteiger partial charge in [-0.3, -0.25) is 14.9 Å². The molecule has 1 heterocycles. The molecule has 2 amide bonds. The quantitative estimate of drug-likeness (QED) is 0.343. The number of para-hydroxylation sites is 2. The lowest BCUT2D eigenvalue weighted by Crippen LogP contribution is -2.14. The van der Waals surface area contributed by atoms with Crippen molar-refractivity contribution >= 4 is 73.3 Å². The Morgan fingerprint density at radius 1 is 1.21 bits per heavy atom. The third-order valence-corrected chi connectivity index (χ3v) is 6.30. The summed E-state index contributed by atoms with van der Waals surface area (Å²) in [5.41, 5.74) is 0.915. The highest BCUT2D eigenvalue weighted by molar-refractivity contribution is 9.10. The van der Waals surface area contributed by atoms with Gasteiger partial charge in [0.1, 0.15) is 5.75 Å². The zero-order chi connectivity index (χ0) is 20.8. The Hall–Kier alpha value is -2.14. The van der Waals surface area contributed by atoms with Gasteiger partial charge in [0.15, 0.2) is 4.34 Å². The predicted molar refractivity (Wildman–Crippen MR) is 119 cm³/mol. The van der Waals surface area contributed by atoms with Gasteiger partial charge < -0.3 is 10.1 Å². The summed E-state index contributed by atoms with van der Waals surface area (Å²) in [6.07, 6.45) is 0. The zero-order valence-electron chi connectivity index (χ0n) is 14.9. The molecular weight excluding hydrogens is 500 g/mol. The summed E-state index contributed by atoms with van der Waals surface area (Å²) in [4.78, 5) is 24.5. The van der Waals surface area contributed by atoms with E-state index in [-0.39, 0.29) is 11.7 Å². The van der Waals surface area contributed by atoms with Crippen molar-refractivity contribution in [2.75, 3.05) is 23.5 Å². The molecule has 2 N–H and O–H groups in total. The van der Waals surface area contributed by atoms with Crippen LogP contribution in [0.15, 0.2) is 51.3 Å². The maximum absolute atomic E-state index is 12.4. The lowest BCUT2D eigenvalue weighted by molar-refractivity contribution is -0.113. The number of hydrogen-bond donors (Lipinski definition) is 2. The van der Waals surface area contributed by atoms with Crippen molar-refractivity contribution in [3.63, 3.8) is 0 Å². The van der Waals surface area contributed by atoms with Crippen LogP contribution in [0.1, 0.15) is 10.4 Å². The van der Waals surface area contributed by atoms with Crippen molar-refractivity contribution in [2.24, 2.45) is 0 Å². The molecule has 0 saturated carbocycles. The molecule has 0 aliphatic carbocycles. The van der Waals surface area contributed by atoms with Crippen LogP contribution in [-0.4, -0.2) is 34.9 Å². The molecule has 2 aromatic carbocycles. The van der Waals surface area contributed by atoms with E-state index in [2.05, 4.69) is 36.8 Å². The second kappa shape index (κ2) is 10.1. The van der Waals surface area contributed by atoms with Gasteiger partial charge in [-0.2, -0.15) is 0 Å². The monoisotopic (exact) mass is 512 g/mol. The number of carbonyl (C=O) groups excluding carboxylic acids is 2. The van der Waals surface area contributed by atoms with E-state index in [0.717, 1.165) is 4.47 Å². The first-order valence-electron chi connectivity index (χ1n) is 8.12. The van der Waals surface area contributed by atoms with Gasteiger partial charge in [0.2, 0.25) is 11.0 Å². The topological polar surface area (TPSA) is 93.2 Å². The number of nitrogens with one attached hydrogen (secondary N) is 2. The molecule has 0 bridgehead atoms. The molecule has 0 spiro atoms. The van der Waals surface area contributed by atoms with Gasteiger partial charge in [-0.1, -0.05) is 62.8 Å². The van der Waals surface area contributed by atoms with Crippen molar-refractivity contribution in [2.45, 2.75) is 4.34 Å². The van der Waals surface area contributed by atoms with Gasteiger partial charge in [-0.05, 0) is 30.3 Å². The average molecular weight is 514 g/mol. The number of hydrogen-bond acceptors (Lipinski definition) is 7. The summed E-state index contributed by atoms with van der Waals surface area (Å²) >= 11 is 11.8. The predicted octanol–water partition coefficient (Wildman–Crippen LogP) is 4.95. The number of methoxy groups -OCH3 is 1. The van der Waals surface area contributed by atoms with Crippen molar-refractivity contribution in [3.05, 3.63) is 57.5 Å². The van der Waals surface area contributed by atoms with Crippen molar-refractivity contribution in [1.82, 2.24) is 10.2 Å². The molecule has 0 saturated heterocycles. The molecule has 0 fully saturated rings. The molecule has 0 radical (unpaired) electrons. The maximum atomic E-state index is 12.4. The van der Waals surface area contributed by atoms with E-state index in [9.17, 15) is 9.59 Å². The number of anilines is 2. The van der Waals surface area contributed by atoms with E-state index in [1.54, 1.807) is 30.3 Å². The molecular formula is C18H14BrClN4O3S2. The van der Waals surface area contributed by atoms with Gasteiger partial charge in [0, 0.05) is 4.47 Å². The second-order valence-electron chi connectivity index (χ2n) is 5.49. The van der Waals surface area contributed by atoms with Gasteiger partial charge in [-0.15, -0.1) is 10.2 Å². The van der Waals surface area contributed by atoms with Gasteiger partial charge in [-0.25, -0.2) is 0 Å². The minimum Gasteiger partial charge on any atom is -0.495 e. The normalized spacial score (nSPS) is 10.4. The van der Waals surface area contributed by atoms with Crippen LogP contribution >= 0.6 is 50.6 Å². The smallest absolute Gasteiger partial charge is 0.259 e. The highest BCUT2D eigenvalue weighted by Gasteiger charge is 2.15. The van der Waals surface area contributed by atoms with Gasteiger partial charge >= 0.3 is 0 Å². The van der Waals surface area contributed by atoms with Crippen LogP contribution in [0.25, 0.3) is 0 Å². The first kappa shape index (κ1) is 21.6. The molecule has 0 unspecified atom stereocenters. The fourth-order valence-corrected chi connectivity index (χ4v) is 4.33. The standard InChI is InChI=1S/C18H14BrClN4O3S2/c1-27-14-5-3-2-4-13(14)21-15(25)9-28-18-24-23-17(29-18)22-16(26)11-8-10(19)6-7-12(11)20/h2-8H,9H2,1H3,(H,21,25)(H,22,23,26). The summed E-state index contributed by atoms with van der Waals surface area (Å²) in [5.74, 6) is 0.120. The number of rotatable bonds is 7. The average Bonchev–Trinajstić information content (AvgIpc) is 3.16. The number of nitrogens with zero attached hydrogens (tertiary/aromatic N) is 2. The number of aromatic nitrogens is 2. The molecule has 0 aliphatic heterocycles. The van der Waals surface area contributed by atoms with Crippen LogP contribution < -0.4 is 15.4 Å². The fourth-order valence-electron chi connectivity index (χ4n) is 2.22. The molecule has 7 nitrogen and oxygen atoms in total. The summed E-state index contributed by atoms with van der Waals surface area (Å²) in [6, 6.07) is 12.1. The Morgan fingerprint density at radius 3 is 2.79 bits per heavy atom. The number of halogens is 2. The maximum Gasteiger partial charge on any atom is 0.259 e. The van der Waals surface area contributed by atoms with Crippen molar-refractivity contribution in [1.29, 1.82) is 0 Å². The molecule has 0 atom stereocenters. The largest absolute Gasteiger partial charge is 0.495 e. The number of carbonyl (C=O) groups is 2. The highest BCUT2D eigenvalue weighted by atomic mass is 79.9. The molecule has 150 valence electrons. The molecule has 29 heavy (non-hydrogen) atoms. The summed E-state index contributed by atoms with van der Waals surface area (Å²) in [5, 5.41) is 14.0. The van der Waals surface area contributed by atoms with Crippen LogP contribution in [0.2, 0.25) is 5.02 Å². The Kier molecular flexibility index (Phi) is 7.48. The van der Waals surface area contributed by atoms with E-state index in [4.69, 9.17) is 16.3 Å². The number of ether oxygens (including phenoxy) is 1. The Bertz CT molecular complexity index is 1050. The molecule has 0 aliphatic rings. The Morgan fingerprint density at radius 2 is 2.00 bits per heavy atom. The van der Waals surface area contributed by atoms with E-state index in [0.29, 0.717) is 31.5 Å². The highest BCUT2D eigenvalue weighted by Crippen LogP contribution is 2.28. The molecule has 1 aromatic heterocycles. The van der Waals surface area contributed by atoms with E-state index in [1.165, 1.54) is 30.2 Å². The molecule has 3 aromatic rings. The van der Waals surface area contributed by atoms with E-state index >= 15 is 0 Å². The third-order valence-electron chi connectivity index (χ3n) is 3.51. The van der Waals surface area contributed by atoms with E-state index < -0.39 is 5.91 Å². The minimum absolute atomic E-state index is 0.137. The summed E-state index contributed by atoms with van der Waals surface area (Å²) < 4.78 is 6.50. The van der Waals surface area contributed by atoms with Crippen LogP contribution in [-0.2, 0) is 4.79 Å². The molecule has 11 heteroatoms. The Labute approximate surface area is 188 Å². The molecule has 3 rings (SSSR count). The SMILES string of the molecule is COc1ccccc1NC(=O)CSc1nnc(NC(=O)c2cc(Br)ccc2Cl)s1. The van der Waals surface area contributed by atoms with Crippen molar-refractivity contribution < 1.29 is 14.3 Å². The third kappa shape index (κ3) is 5.92. The van der Waals surface area contributed by atoms with Crippen LogP contribution in [0.4, 0.5) is 10.8 Å². The van der Waals surface area contributed by atoms with E-state index in [1.807, 2.05) is 12.1 Å². The van der Waals surface area contributed by atoms with Crippen LogP contribution in [0.5, 0.6) is 5.75 Å². The van der Waals surface area contributed by atoms with Crippen LogP contribution in [0, 0.1) is 0 Å². The second-order valence-corrected chi connectivity index (χ2v) is 9.01. The number of benzene rings is 2. The van der Waals surface area contributed by atoms with Crippen molar-refractivity contribution in [3.8, 4) is 5.75 Å². The number of thioether (sulfide) groups is 1. The lowest BCUT2D eigenvalue weighted by Gasteiger charge is -2.08. The van der Waals surface area contributed by atoms with Gasteiger partial charge in [0.25, 0.3) is 5.91 Å². The van der Waals surface area contributed by atoms with Gasteiger partial charge in [0.05, 0.1) is 29.1 Å². The number of amides is 2. The summed E-state index contributed by atoms with van der Waals surface area (Å²) in [6.45, 7) is 0. The zero-order valence-corrected chi connectivity index (χ0v) is 18.9. The first-order valence-corrected chi connectivity index (χ1v) is 11.1. The summed E-state index contributed by atoms with van der Waals surface area (Å²) in [7, 11) is 1.54. The first-order chi connectivity index (χ1) is 14.0. The minimum atomic E-state index is -0.391. The van der Waals surface area contributed by atoms with Crippen LogP contribution in [0.3, 0.4) is 0 Å². The Balaban J connectivity index is 1.55.